The molecule has 1 unspecified atom stereocenters. The molecule has 3 rings (SSSR count). The SMILES string of the molecule is Cc1ccc2n1CC(c1ccc(F)cc1)OC2=O. The van der Waals surface area contributed by atoms with Crippen molar-refractivity contribution >= 4 is 5.97 Å². The van der Waals surface area contributed by atoms with Crippen molar-refractivity contribution in [2.45, 2.75) is 19.6 Å². The van der Waals surface area contributed by atoms with Gasteiger partial charge in [-0.2, -0.15) is 0 Å². The van der Waals surface area contributed by atoms with Crippen LogP contribution >= 0.6 is 0 Å². The molecule has 2 aromatic rings. The minimum atomic E-state index is -0.350. The van der Waals surface area contributed by atoms with E-state index >= 15 is 0 Å². The van der Waals surface area contributed by atoms with E-state index in [2.05, 4.69) is 0 Å². The number of halogens is 1. The average molecular weight is 245 g/mol. The van der Waals surface area contributed by atoms with Crippen LogP contribution in [0.25, 0.3) is 0 Å². The van der Waals surface area contributed by atoms with Crippen molar-refractivity contribution in [2.75, 3.05) is 0 Å². The number of cyclic esters (lactones) is 1. The van der Waals surface area contributed by atoms with Gasteiger partial charge in [-0.15, -0.1) is 0 Å². The first-order valence-corrected chi connectivity index (χ1v) is 5.78. The summed E-state index contributed by atoms with van der Waals surface area (Å²) < 4.78 is 20.2. The summed E-state index contributed by atoms with van der Waals surface area (Å²) in [6, 6.07) is 9.71. The second-order valence-electron chi connectivity index (χ2n) is 4.42. The van der Waals surface area contributed by atoms with E-state index in [9.17, 15) is 9.18 Å². The van der Waals surface area contributed by atoms with Crippen LogP contribution < -0.4 is 0 Å². The standard InChI is InChI=1S/C14H12FNO2/c1-9-2-7-12-14(17)18-13(8-16(9)12)10-3-5-11(15)6-4-10/h2-7,13H,8H2,1H3. The van der Waals surface area contributed by atoms with Gasteiger partial charge in [-0.1, -0.05) is 12.1 Å². The third-order valence-corrected chi connectivity index (χ3v) is 3.25. The number of nitrogens with zero attached hydrogens (tertiary/aromatic N) is 1. The lowest BCUT2D eigenvalue weighted by molar-refractivity contribution is 0.0153. The summed E-state index contributed by atoms with van der Waals surface area (Å²) in [5.41, 5.74) is 2.41. The molecule has 18 heavy (non-hydrogen) atoms. The smallest absolute Gasteiger partial charge is 0.355 e. The van der Waals surface area contributed by atoms with Crippen LogP contribution in [0.4, 0.5) is 4.39 Å². The van der Waals surface area contributed by atoms with Crippen molar-refractivity contribution in [1.82, 2.24) is 4.57 Å². The number of ether oxygens (including phenoxy) is 1. The summed E-state index contributed by atoms with van der Waals surface area (Å²) in [6.45, 7) is 2.52. The summed E-state index contributed by atoms with van der Waals surface area (Å²) >= 11 is 0. The highest BCUT2D eigenvalue weighted by Gasteiger charge is 2.28. The van der Waals surface area contributed by atoms with Crippen LogP contribution in [-0.2, 0) is 11.3 Å². The molecule has 0 N–H and O–H groups in total. The molecule has 0 radical (unpaired) electrons. The van der Waals surface area contributed by atoms with Gasteiger partial charge in [-0.25, -0.2) is 9.18 Å². The number of aryl methyl sites for hydroxylation is 1. The van der Waals surface area contributed by atoms with Crippen LogP contribution in [0.5, 0.6) is 0 Å². The topological polar surface area (TPSA) is 31.2 Å². The third-order valence-electron chi connectivity index (χ3n) is 3.25. The van der Waals surface area contributed by atoms with Crippen molar-refractivity contribution in [3.05, 3.63) is 59.2 Å². The van der Waals surface area contributed by atoms with Gasteiger partial charge in [0.2, 0.25) is 0 Å². The van der Waals surface area contributed by atoms with E-state index in [1.165, 1.54) is 12.1 Å². The molecule has 0 saturated heterocycles. The fraction of sp³-hybridized carbons (Fsp3) is 0.214. The van der Waals surface area contributed by atoms with Crippen molar-refractivity contribution in [1.29, 1.82) is 0 Å². The molecule has 1 atom stereocenters. The van der Waals surface area contributed by atoms with Gasteiger partial charge in [0.25, 0.3) is 0 Å². The Bertz CT molecular complexity index is 601. The number of benzene rings is 1. The Labute approximate surface area is 104 Å². The third kappa shape index (κ3) is 1.70. The maximum absolute atomic E-state index is 12.9. The number of rotatable bonds is 1. The molecular weight excluding hydrogens is 233 g/mol. The van der Waals surface area contributed by atoms with E-state index in [1.807, 2.05) is 17.6 Å². The second kappa shape index (κ2) is 3.98. The van der Waals surface area contributed by atoms with Crippen LogP contribution in [-0.4, -0.2) is 10.5 Å². The molecule has 1 aliphatic rings. The molecular formula is C14H12FNO2. The summed E-state index contributed by atoms with van der Waals surface area (Å²) in [5, 5.41) is 0. The minimum Gasteiger partial charge on any atom is -0.451 e. The first kappa shape index (κ1) is 11.0. The van der Waals surface area contributed by atoms with Crippen molar-refractivity contribution in [3.63, 3.8) is 0 Å². The van der Waals surface area contributed by atoms with Gasteiger partial charge in [-0.3, -0.25) is 0 Å². The Morgan fingerprint density at radius 2 is 1.94 bits per heavy atom. The normalized spacial score (nSPS) is 18.3. The van der Waals surface area contributed by atoms with E-state index in [0.29, 0.717) is 12.2 Å². The molecule has 0 amide bonds. The first-order chi connectivity index (χ1) is 8.65. The molecule has 1 aromatic carbocycles. The Kier molecular flexibility index (Phi) is 2.44. The number of fused-ring (bicyclic) bond motifs is 1. The predicted octanol–water partition coefficient (Wildman–Crippen LogP) is 2.85. The largest absolute Gasteiger partial charge is 0.451 e. The molecule has 3 nitrogen and oxygen atoms in total. The average Bonchev–Trinajstić information content (AvgIpc) is 2.73. The lowest BCUT2D eigenvalue weighted by Crippen LogP contribution is -2.26. The molecule has 1 aliphatic heterocycles. The summed E-state index contributed by atoms with van der Waals surface area (Å²) in [6.07, 6.45) is -0.350. The highest BCUT2D eigenvalue weighted by molar-refractivity contribution is 5.88. The van der Waals surface area contributed by atoms with Gasteiger partial charge in [-0.05, 0) is 36.8 Å². The summed E-state index contributed by atoms with van der Waals surface area (Å²) in [5.74, 6) is -0.623. The zero-order valence-corrected chi connectivity index (χ0v) is 9.89. The number of aromatic nitrogens is 1. The van der Waals surface area contributed by atoms with E-state index < -0.39 is 0 Å². The highest BCUT2D eigenvalue weighted by Crippen LogP contribution is 2.28. The fourth-order valence-electron chi connectivity index (χ4n) is 2.23. The lowest BCUT2D eigenvalue weighted by atomic mass is 10.1. The number of hydrogen-bond acceptors (Lipinski definition) is 2. The highest BCUT2D eigenvalue weighted by atomic mass is 19.1. The van der Waals surface area contributed by atoms with Gasteiger partial charge in [0.15, 0.2) is 0 Å². The molecule has 2 heterocycles. The monoisotopic (exact) mass is 245 g/mol. The molecule has 92 valence electrons. The maximum Gasteiger partial charge on any atom is 0.355 e. The molecule has 1 aromatic heterocycles. The zero-order chi connectivity index (χ0) is 12.7. The number of hydrogen-bond donors (Lipinski definition) is 0. The van der Waals surface area contributed by atoms with E-state index in [0.717, 1.165) is 11.3 Å². The molecule has 4 heteroatoms. The van der Waals surface area contributed by atoms with Crippen molar-refractivity contribution < 1.29 is 13.9 Å². The van der Waals surface area contributed by atoms with Crippen LogP contribution in [0.3, 0.4) is 0 Å². The maximum atomic E-state index is 12.9. The number of esters is 1. The van der Waals surface area contributed by atoms with E-state index in [4.69, 9.17) is 4.74 Å². The van der Waals surface area contributed by atoms with Crippen LogP contribution in [0, 0.1) is 12.7 Å². The Morgan fingerprint density at radius 1 is 1.22 bits per heavy atom. The minimum absolute atomic E-state index is 0.293. The van der Waals surface area contributed by atoms with E-state index in [1.54, 1.807) is 18.2 Å². The van der Waals surface area contributed by atoms with Crippen LogP contribution in [0.2, 0.25) is 0 Å². The van der Waals surface area contributed by atoms with Crippen LogP contribution in [0.15, 0.2) is 36.4 Å². The molecule has 0 fully saturated rings. The number of carbonyl (C=O) groups excluding carboxylic acids is 1. The van der Waals surface area contributed by atoms with Crippen LogP contribution in [0.1, 0.15) is 27.8 Å². The van der Waals surface area contributed by atoms with Gasteiger partial charge >= 0.3 is 5.97 Å². The Hall–Kier alpha value is -2.10. The lowest BCUT2D eigenvalue weighted by Gasteiger charge is -2.26. The summed E-state index contributed by atoms with van der Waals surface area (Å²) in [7, 11) is 0. The van der Waals surface area contributed by atoms with Gasteiger partial charge < -0.3 is 9.30 Å². The predicted molar refractivity (Wildman–Crippen MR) is 63.7 cm³/mol. The Balaban J connectivity index is 1.96. The second-order valence-corrected chi connectivity index (χ2v) is 4.42. The number of carbonyl (C=O) groups is 1. The first-order valence-electron chi connectivity index (χ1n) is 5.78. The molecule has 0 saturated carbocycles. The van der Waals surface area contributed by atoms with Gasteiger partial charge in [0, 0.05) is 5.69 Å². The van der Waals surface area contributed by atoms with Gasteiger partial charge in [0.05, 0.1) is 6.54 Å². The van der Waals surface area contributed by atoms with E-state index in [-0.39, 0.29) is 17.9 Å². The van der Waals surface area contributed by atoms with Crippen molar-refractivity contribution in [3.8, 4) is 0 Å². The van der Waals surface area contributed by atoms with Gasteiger partial charge in [0.1, 0.15) is 17.6 Å². The molecule has 0 aliphatic carbocycles. The fourth-order valence-corrected chi connectivity index (χ4v) is 2.23. The Morgan fingerprint density at radius 3 is 2.67 bits per heavy atom. The summed E-state index contributed by atoms with van der Waals surface area (Å²) in [4.78, 5) is 11.8. The quantitative estimate of drug-likeness (QED) is 0.723. The van der Waals surface area contributed by atoms with Crippen molar-refractivity contribution in [2.24, 2.45) is 0 Å². The zero-order valence-electron chi connectivity index (χ0n) is 9.89. The molecule has 0 bridgehead atoms. The molecule has 0 spiro atoms.